The van der Waals surface area contributed by atoms with Crippen molar-refractivity contribution in [3.05, 3.63) is 76.3 Å². The fraction of sp³-hybridized carbons (Fsp3) is 0.111. The molecule has 3 rings (SSSR count). The van der Waals surface area contributed by atoms with Crippen LogP contribution in [0.25, 0.3) is 5.69 Å². The maximum absolute atomic E-state index is 13.6. The van der Waals surface area contributed by atoms with Crippen LogP contribution in [0, 0.1) is 12.7 Å². The average molecular weight is 398 g/mol. The number of anilines is 1. The molecule has 0 saturated carbocycles. The van der Waals surface area contributed by atoms with Gasteiger partial charge in [0.15, 0.2) is 5.69 Å². The van der Waals surface area contributed by atoms with Gasteiger partial charge in [-0.3, -0.25) is 4.79 Å². The topological polar surface area (TPSA) is 46.9 Å². The second kappa shape index (κ2) is 7.03. The van der Waals surface area contributed by atoms with Crippen LogP contribution in [0.5, 0.6) is 0 Å². The zero-order valence-corrected chi connectivity index (χ0v) is 14.6. The lowest BCUT2D eigenvalue weighted by atomic mass is 10.2. The van der Waals surface area contributed by atoms with Gasteiger partial charge in [0.25, 0.3) is 5.91 Å². The highest BCUT2D eigenvalue weighted by molar-refractivity contribution is 6.33. The molecular formula is C18H12ClF4N3O. The first-order valence-corrected chi connectivity index (χ1v) is 8.03. The minimum atomic E-state index is -4.83. The third-order valence-corrected chi connectivity index (χ3v) is 4.05. The third kappa shape index (κ3) is 3.95. The first kappa shape index (κ1) is 18.9. The summed E-state index contributed by atoms with van der Waals surface area (Å²) in [4.78, 5) is 12.4. The molecule has 0 fully saturated rings. The number of hydrogen-bond donors (Lipinski definition) is 1. The fourth-order valence-electron chi connectivity index (χ4n) is 2.45. The second-order valence-electron chi connectivity index (χ2n) is 5.73. The summed E-state index contributed by atoms with van der Waals surface area (Å²) in [5.41, 5.74) is -0.889. The SMILES string of the molecule is Cc1ccc(-n2ncc(C(=O)Nc3ccc(F)cc3Cl)c2C(F)(F)F)cc1. The number of aromatic nitrogens is 2. The smallest absolute Gasteiger partial charge is 0.321 e. The normalized spacial score (nSPS) is 11.5. The molecule has 0 bridgehead atoms. The zero-order valence-electron chi connectivity index (χ0n) is 13.8. The van der Waals surface area contributed by atoms with Crippen LogP contribution in [0.1, 0.15) is 21.6 Å². The third-order valence-electron chi connectivity index (χ3n) is 3.74. The predicted octanol–water partition coefficient (Wildman–Crippen LogP) is 5.24. The van der Waals surface area contributed by atoms with E-state index in [1.165, 1.54) is 12.1 Å². The van der Waals surface area contributed by atoms with Gasteiger partial charge < -0.3 is 5.32 Å². The maximum Gasteiger partial charge on any atom is 0.434 e. The highest BCUT2D eigenvalue weighted by Gasteiger charge is 2.40. The number of halogens is 5. The van der Waals surface area contributed by atoms with Gasteiger partial charge in [-0.1, -0.05) is 29.3 Å². The fourth-order valence-corrected chi connectivity index (χ4v) is 2.66. The molecule has 1 amide bonds. The highest BCUT2D eigenvalue weighted by atomic mass is 35.5. The molecule has 9 heteroatoms. The molecule has 140 valence electrons. The summed E-state index contributed by atoms with van der Waals surface area (Å²) in [6.07, 6.45) is -4.00. The lowest BCUT2D eigenvalue weighted by molar-refractivity contribution is -0.143. The summed E-state index contributed by atoms with van der Waals surface area (Å²) in [6, 6.07) is 9.34. The number of nitrogens with zero attached hydrogens (tertiary/aromatic N) is 2. The average Bonchev–Trinajstić information content (AvgIpc) is 3.03. The van der Waals surface area contributed by atoms with Crippen molar-refractivity contribution >= 4 is 23.2 Å². The molecule has 1 aromatic heterocycles. The number of carbonyl (C=O) groups excluding carboxylic acids is 1. The number of alkyl halides is 3. The van der Waals surface area contributed by atoms with E-state index in [1.54, 1.807) is 19.1 Å². The van der Waals surface area contributed by atoms with Gasteiger partial charge in [0.05, 0.1) is 28.2 Å². The number of benzene rings is 2. The van der Waals surface area contributed by atoms with Crippen LogP contribution in [0.2, 0.25) is 5.02 Å². The predicted molar refractivity (Wildman–Crippen MR) is 92.7 cm³/mol. The van der Waals surface area contributed by atoms with Crippen LogP contribution in [0.3, 0.4) is 0 Å². The Balaban J connectivity index is 2.02. The second-order valence-corrected chi connectivity index (χ2v) is 6.14. The van der Waals surface area contributed by atoms with E-state index >= 15 is 0 Å². The summed E-state index contributed by atoms with van der Waals surface area (Å²) in [5, 5.41) is 5.84. The molecule has 0 spiro atoms. The van der Waals surface area contributed by atoms with Crippen molar-refractivity contribution in [3.63, 3.8) is 0 Å². The van der Waals surface area contributed by atoms with Gasteiger partial charge in [0.1, 0.15) is 5.82 Å². The zero-order chi connectivity index (χ0) is 19.8. The molecule has 0 aliphatic heterocycles. The van der Waals surface area contributed by atoms with Gasteiger partial charge in [0.2, 0.25) is 0 Å². The minimum absolute atomic E-state index is 0.0146. The Morgan fingerprint density at radius 3 is 2.41 bits per heavy atom. The molecule has 0 saturated heterocycles. The Labute approximate surface area is 156 Å². The van der Waals surface area contributed by atoms with Crippen LogP contribution >= 0.6 is 11.6 Å². The minimum Gasteiger partial charge on any atom is -0.321 e. The van der Waals surface area contributed by atoms with Gasteiger partial charge in [-0.15, -0.1) is 0 Å². The summed E-state index contributed by atoms with van der Waals surface area (Å²) >= 11 is 5.81. The molecular weight excluding hydrogens is 386 g/mol. The standard InChI is InChI=1S/C18H12ClF4N3O/c1-10-2-5-12(6-3-10)26-16(18(21,22)23)13(9-24-26)17(27)25-15-7-4-11(20)8-14(15)19/h2-9H,1H3,(H,25,27). The largest absolute Gasteiger partial charge is 0.434 e. The monoisotopic (exact) mass is 397 g/mol. The molecule has 0 aliphatic rings. The van der Waals surface area contributed by atoms with E-state index in [4.69, 9.17) is 11.6 Å². The number of aryl methyl sites for hydroxylation is 1. The van der Waals surface area contributed by atoms with Crippen molar-refractivity contribution in [2.45, 2.75) is 13.1 Å². The molecule has 2 aromatic carbocycles. The number of hydrogen-bond acceptors (Lipinski definition) is 2. The van der Waals surface area contributed by atoms with E-state index in [1.807, 2.05) is 0 Å². The number of nitrogens with one attached hydrogen (secondary N) is 1. The molecule has 0 atom stereocenters. The quantitative estimate of drug-likeness (QED) is 0.614. The lowest BCUT2D eigenvalue weighted by Crippen LogP contribution is -2.20. The van der Waals surface area contributed by atoms with E-state index in [0.29, 0.717) is 4.68 Å². The van der Waals surface area contributed by atoms with Crippen molar-refractivity contribution in [2.24, 2.45) is 0 Å². The molecule has 3 aromatic rings. The molecule has 0 radical (unpaired) electrons. The molecule has 27 heavy (non-hydrogen) atoms. The Bertz CT molecular complexity index is 997. The van der Waals surface area contributed by atoms with Gasteiger partial charge in [-0.2, -0.15) is 18.3 Å². The molecule has 1 N–H and O–H groups in total. The summed E-state index contributed by atoms with van der Waals surface area (Å²) in [7, 11) is 0. The van der Waals surface area contributed by atoms with E-state index in [2.05, 4.69) is 10.4 Å². The molecule has 1 heterocycles. The van der Waals surface area contributed by atoms with E-state index in [0.717, 1.165) is 30.0 Å². The first-order chi connectivity index (χ1) is 12.7. The van der Waals surface area contributed by atoms with Gasteiger partial charge in [-0.05, 0) is 37.3 Å². The number of amides is 1. The van der Waals surface area contributed by atoms with Crippen LogP contribution in [0.15, 0.2) is 48.7 Å². The van der Waals surface area contributed by atoms with Crippen LogP contribution in [0.4, 0.5) is 23.2 Å². The van der Waals surface area contributed by atoms with Gasteiger partial charge in [0, 0.05) is 0 Å². The highest BCUT2D eigenvalue weighted by Crippen LogP contribution is 2.34. The van der Waals surface area contributed by atoms with Crippen molar-refractivity contribution in [2.75, 3.05) is 5.32 Å². The van der Waals surface area contributed by atoms with E-state index < -0.39 is 29.2 Å². The number of rotatable bonds is 3. The Hall–Kier alpha value is -2.87. The Morgan fingerprint density at radius 2 is 1.81 bits per heavy atom. The lowest BCUT2D eigenvalue weighted by Gasteiger charge is -2.13. The molecule has 0 aliphatic carbocycles. The van der Waals surface area contributed by atoms with E-state index in [-0.39, 0.29) is 16.4 Å². The summed E-state index contributed by atoms with van der Waals surface area (Å²) in [6.45, 7) is 1.79. The molecule has 4 nitrogen and oxygen atoms in total. The van der Waals surface area contributed by atoms with Crippen molar-refractivity contribution in [1.82, 2.24) is 9.78 Å². The van der Waals surface area contributed by atoms with Gasteiger partial charge >= 0.3 is 6.18 Å². The molecule has 0 unspecified atom stereocenters. The Morgan fingerprint density at radius 1 is 1.15 bits per heavy atom. The summed E-state index contributed by atoms with van der Waals surface area (Å²) < 4.78 is 54.6. The van der Waals surface area contributed by atoms with Crippen LogP contribution in [-0.2, 0) is 6.18 Å². The van der Waals surface area contributed by atoms with Gasteiger partial charge in [-0.25, -0.2) is 9.07 Å². The van der Waals surface area contributed by atoms with Crippen molar-refractivity contribution in [1.29, 1.82) is 0 Å². The number of carbonyl (C=O) groups is 1. The Kier molecular flexibility index (Phi) is 4.93. The first-order valence-electron chi connectivity index (χ1n) is 7.65. The van der Waals surface area contributed by atoms with Crippen molar-refractivity contribution < 1.29 is 22.4 Å². The van der Waals surface area contributed by atoms with Crippen LogP contribution < -0.4 is 5.32 Å². The van der Waals surface area contributed by atoms with E-state index in [9.17, 15) is 22.4 Å². The summed E-state index contributed by atoms with van der Waals surface area (Å²) in [5.74, 6) is -1.70. The maximum atomic E-state index is 13.6. The van der Waals surface area contributed by atoms with Crippen molar-refractivity contribution in [3.8, 4) is 5.69 Å². The van der Waals surface area contributed by atoms with Crippen LogP contribution in [-0.4, -0.2) is 15.7 Å².